The number of carbonyl (C=O) groups excluding carboxylic acids is 2. The number of rotatable bonds is 7. The minimum atomic E-state index is -0.491. The fourth-order valence-electron chi connectivity index (χ4n) is 3.39. The zero-order valence-electron chi connectivity index (χ0n) is 18.8. The van der Waals surface area contributed by atoms with Gasteiger partial charge in [-0.05, 0) is 53.1 Å². The van der Waals surface area contributed by atoms with Crippen molar-refractivity contribution in [3.8, 4) is 0 Å². The van der Waals surface area contributed by atoms with E-state index in [2.05, 4.69) is 15.3 Å². The highest BCUT2D eigenvalue weighted by molar-refractivity contribution is 6.03. The molecule has 2 amide bonds. The Morgan fingerprint density at radius 3 is 2.14 bits per heavy atom. The summed E-state index contributed by atoms with van der Waals surface area (Å²) in [6.45, 7) is 0. The predicted molar refractivity (Wildman–Crippen MR) is 139 cm³/mol. The van der Waals surface area contributed by atoms with Crippen molar-refractivity contribution in [1.29, 1.82) is 0 Å². The molecule has 7 nitrogen and oxygen atoms in total. The molecule has 172 valence electrons. The minimum absolute atomic E-state index is 0.325. The molecule has 1 heterocycles. The average molecular weight is 462 g/mol. The van der Waals surface area contributed by atoms with Crippen LogP contribution in [0.25, 0.3) is 17.7 Å². The lowest BCUT2D eigenvalue weighted by atomic mass is 9.95. The Morgan fingerprint density at radius 2 is 1.43 bits per heavy atom. The van der Waals surface area contributed by atoms with E-state index in [9.17, 15) is 9.59 Å². The highest BCUT2D eigenvalue weighted by atomic mass is 16.1. The second-order valence-corrected chi connectivity index (χ2v) is 7.65. The molecule has 4 rings (SSSR count). The van der Waals surface area contributed by atoms with Crippen LogP contribution in [0, 0.1) is 0 Å². The van der Waals surface area contributed by atoms with Crippen molar-refractivity contribution in [3.63, 3.8) is 0 Å². The first-order chi connectivity index (χ1) is 17.0. The van der Waals surface area contributed by atoms with Gasteiger partial charge in [0.1, 0.15) is 0 Å². The Morgan fingerprint density at radius 1 is 0.771 bits per heavy atom. The molecule has 3 aromatic carbocycles. The molecule has 0 bridgehead atoms. The molecule has 0 fully saturated rings. The van der Waals surface area contributed by atoms with E-state index < -0.39 is 5.91 Å². The summed E-state index contributed by atoms with van der Waals surface area (Å²) < 4.78 is 0. The number of hydrogen-bond donors (Lipinski definition) is 3. The fourth-order valence-corrected chi connectivity index (χ4v) is 3.39. The Kier molecular flexibility index (Phi) is 7.08. The first kappa shape index (κ1) is 23.1. The maximum atomic E-state index is 12.2. The summed E-state index contributed by atoms with van der Waals surface area (Å²) in [5.74, 6) is -0.816. The molecule has 0 unspecified atom stereocenters. The van der Waals surface area contributed by atoms with Crippen LogP contribution in [0.15, 0.2) is 97.3 Å². The van der Waals surface area contributed by atoms with E-state index in [1.807, 2.05) is 42.5 Å². The van der Waals surface area contributed by atoms with Crippen LogP contribution in [-0.4, -0.2) is 21.8 Å². The molecule has 0 atom stereocenters. The summed E-state index contributed by atoms with van der Waals surface area (Å²) in [4.78, 5) is 32.7. The third-order valence-corrected chi connectivity index (χ3v) is 5.15. The third kappa shape index (κ3) is 6.06. The second kappa shape index (κ2) is 10.7. The van der Waals surface area contributed by atoms with Gasteiger partial charge >= 0.3 is 0 Å². The maximum Gasteiger partial charge on any atom is 0.248 e. The fraction of sp³-hybridized carbons (Fsp3) is 0. The van der Waals surface area contributed by atoms with E-state index >= 15 is 0 Å². The SMILES string of the molecule is NC(=O)c1cccc(/C(=C/c2cnc(/C=C/C(=O)Nc3ccccc3N)cn2)c2ccccc2)c1. The Balaban J connectivity index is 1.57. The van der Waals surface area contributed by atoms with E-state index in [1.54, 1.807) is 60.9 Å². The number of nitrogens with two attached hydrogens (primary N) is 2. The molecular formula is C28H23N5O2. The molecular weight excluding hydrogens is 438 g/mol. The first-order valence-electron chi connectivity index (χ1n) is 10.8. The van der Waals surface area contributed by atoms with Crippen molar-refractivity contribution in [3.05, 3.63) is 125 Å². The second-order valence-electron chi connectivity index (χ2n) is 7.65. The summed E-state index contributed by atoms with van der Waals surface area (Å²) >= 11 is 0. The first-order valence-corrected chi connectivity index (χ1v) is 10.8. The highest BCUT2D eigenvalue weighted by Crippen LogP contribution is 2.26. The van der Waals surface area contributed by atoms with Gasteiger partial charge in [0.2, 0.25) is 11.8 Å². The van der Waals surface area contributed by atoms with E-state index in [1.165, 1.54) is 6.08 Å². The van der Waals surface area contributed by atoms with Crippen molar-refractivity contribution >= 4 is 40.9 Å². The molecule has 0 saturated heterocycles. The minimum Gasteiger partial charge on any atom is -0.397 e. The van der Waals surface area contributed by atoms with Gasteiger partial charge in [-0.2, -0.15) is 0 Å². The van der Waals surface area contributed by atoms with Gasteiger partial charge in [-0.1, -0.05) is 54.6 Å². The normalized spacial score (nSPS) is 11.4. The zero-order chi connectivity index (χ0) is 24.6. The molecule has 0 aliphatic rings. The van der Waals surface area contributed by atoms with Crippen molar-refractivity contribution < 1.29 is 9.59 Å². The van der Waals surface area contributed by atoms with Crippen molar-refractivity contribution in [2.75, 3.05) is 11.1 Å². The number of carbonyl (C=O) groups is 2. The molecule has 0 aliphatic carbocycles. The van der Waals surface area contributed by atoms with E-state index in [0.29, 0.717) is 28.3 Å². The summed E-state index contributed by atoms with van der Waals surface area (Å²) in [6, 6.07) is 23.9. The molecule has 5 N–H and O–H groups in total. The number of primary amides is 1. The lowest BCUT2D eigenvalue weighted by Crippen LogP contribution is -2.10. The van der Waals surface area contributed by atoms with E-state index in [0.717, 1.165) is 16.7 Å². The molecule has 7 heteroatoms. The van der Waals surface area contributed by atoms with E-state index in [4.69, 9.17) is 11.5 Å². The van der Waals surface area contributed by atoms with Crippen molar-refractivity contribution in [2.45, 2.75) is 0 Å². The molecule has 0 aliphatic heterocycles. The Bertz CT molecular complexity index is 1410. The number of anilines is 2. The van der Waals surface area contributed by atoms with Gasteiger partial charge in [-0.3, -0.25) is 19.6 Å². The van der Waals surface area contributed by atoms with Gasteiger partial charge in [-0.25, -0.2) is 0 Å². The topological polar surface area (TPSA) is 124 Å². The molecule has 35 heavy (non-hydrogen) atoms. The predicted octanol–water partition coefficient (Wildman–Crippen LogP) is 4.40. The Labute approximate surface area is 202 Å². The average Bonchev–Trinajstić information content (AvgIpc) is 2.88. The number of nitrogens with zero attached hydrogens (tertiary/aromatic N) is 2. The maximum absolute atomic E-state index is 12.2. The van der Waals surface area contributed by atoms with Gasteiger partial charge in [0.15, 0.2) is 0 Å². The number of nitrogens with one attached hydrogen (secondary N) is 1. The summed E-state index contributed by atoms with van der Waals surface area (Å²) in [5.41, 5.74) is 16.6. The standard InChI is InChI=1S/C28H23N5O2/c29-25-11-4-5-12-26(25)33-27(34)14-13-22-17-32-23(18-31-22)16-24(19-7-2-1-3-8-19)20-9-6-10-21(15-20)28(30)35/h1-18H,29H2,(H2,30,35)(H,33,34)/b14-13+,24-16+. The number of aromatic nitrogens is 2. The van der Waals surface area contributed by atoms with Gasteiger partial charge in [0.05, 0.1) is 35.2 Å². The van der Waals surface area contributed by atoms with Gasteiger partial charge in [0.25, 0.3) is 0 Å². The van der Waals surface area contributed by atoms with Crippen LogP contribution < -0.4 is 16.8 Å². The third-order valence-electron chi connectivity index (χ3n) is 5.15. The van der Waals surface area contributed by atoms with Crippen LogP contribution in [0.5, 0.6) is 0 Å². The quantitative estimate of drug-likeness (QED) is 0.278. The molecule has 1 aromatic heterocycles. The molecule has 4 aromatic rings. The van der Waals surface area contributed by atoms with Crippen molar-refractivity contribution in [2.24, 2.45) is 5.73 Å². The van der Waals surface area contributed by atoms with Gasteiger partial charge in [0, 0.05) is 11.6 Å². The van der Waals surface area contributed by atoms with Gasteiger partial charge < -0.3 is 16.8 Å². The lowest BCUT2D eigenvalue weighted by Gasteiger charge is -2.10. The monoisotopic (exact) mass is 461 g/mol. The number of amides is 2. The smallest absolute Gasteiger partial charge is 0.248 e. The number of para-hydroxylation sites is 2. The van der Waals surface area contributed by atoms with Crippen LogP contribution in [0.1, 0.15) is 32.9 Å². The number of nitrogen functional groups attached to an aromatic ring is 1. The number of benzene rings is 3. The Hall–Kier alpha value is -5.04. The van der Waals surface area contributed by atoms with Crippen LogP contribution >= 0.6 is 0 Å². The molecule has 0 spiro atoms. The molecule has 0 radical (unpaired) electrons. The van der Waals surface area contributed by atoms with E-state index in [-0.39, 0.29) is 5.91 Å². The zero-order valence-corrected chi connectivity index (χ0v) is 18.8. The highest BCUT2D eigenvalue weighted by Gasteiger charge is 2.09. The van der Waals surface area contributed by atoms with Crippen molar-refractivity contribution in [1.82, 2.24) is 9.97 Å². The van der Waals surface area contributed by atoms with Crippen LogP contribution in [-0.2, 0) is 4.79 Å². The van der Waals surface area contributed by atoms with Gasteiger partial charge in [-0.15, -0.1) is 0 Å². The van der Waals surface area contributed by atoms with Crippen LogP contribution in [0.3, 0.4) is 0 Å². The largest absolute Gasteiger partial charge is 0.397 e. The summed E-state index contributed by atoms with van der Waals surface area (Å²) in [6.07, 6.45) is 8.03. The summed E-state index contributed by atoms with van der Waals surface area (Å²) in [7, 11) is 0. The summed E-state index contributed by atoms with van der Waals surface area (Å²) in [5, 5.41) is 2.73. The van der Waals surface area contributed by atoms with Crippen LogP contribution in [0.2, 0.25) is 0 Å². The number of hydrogen-bond acceptors (Lipinski definition) is 5. The lowest BCUT2D eigenvalue weighted by molar-refractivity contribution is -0.111. The molecule has 0 saturated carbocycles. The van der Waals surface area contributed by atoms with Crippen LogP contribution in [0.4, 0.5) is 11.4 Å².